The molecule has 3 unspecified atom stereocenters. The van der Waals surface area contributed by atoms with Crippen molar-refractivity contribution in [1.82, 2.24) is 0 Å². The van der Waals surface area contributed by atoms with Crippen molar-refractivity contribution >= 4 is 5.97 Å². The SMILES string of the molecule is CCC(=O)OCC(O)C1OCC(O)[C@H]1O. The van der Waals surface area contributed by atoms with E-state index in [0.29, 0.717) is 0 Å². The molecule has 1 aliphatic rings. The summed E-state index contributed by atoms with van der Waals surface area (Å²) < 4.78 is 9.65. The van der Waals surface area contributed by atoms with E-state index in [-0.39, 0.29) is 19.6 Å². The van der Waals surface area contributed by atoms with Crippen LogP contribution >= 0.6 is 0 Å². The van der Waals surface area contributed by atoms with Gasteiger partial charge in [0.05, 0.1) is 6.61 Å². The van der Waals surface area contributed by atoms with Gasteiger partial charge in [-0.25, -0.2) is 0 Å². The molecule has 0 aliphatic carbocycles. The Bertz CT molecular complexity index is 219. The Morgan fingerprint density at radius 2 is 2.27 bits per heavy atom. The van der Waals surface area contributed by atoms with Crippen LogP contribution in [0.25, 0.3) is 0 Å². The summed E-state index contributed by atoms with van der Waals surface area (Å²) in [6.45, 7) is 1.38. The maximum absolute atomic E-state index is 10.8. The van der Waals surface area contributed by atoms with E-state index in [0.717, 1.165) is 0 Å². The van der Waals surface area contributed by atoms with Gasteiger partial charge in [0, 0.05) is 6.42 Å². The minimum atomic E-state index is -1.14. The molecule has 88 valence electrons. The van der Waals surface area contributed by atoms with E-state index < -0.39 is 30.4 Å². The highest BCUT2D eigenvalue weighted by molar-refractivity contribution is 5.68. The molecule has 6 heteroatoms. The largest absolute Gasteiger partial charge is 0.463 e. The van der Waals surface area contributed by atoms with E-state index in [4.69, 9.17) is 9.84 Å². The number of hydrogen-bond acceptors (Lipinski definition) is 6. The van der Waals surface area contributed by atoms with Gasteiger partial charge in [-0.05, 0) is 0 Å². The van der Waals surface area contributed by atoms with E-state index in [1.165, 1.54) is 0 Å². The highest BCUT2D eigenvalue weighted by Gasteiger charge is 2.39. The number of hydrogen-bond donors (Lipinski definition) is 3. The molecule has 1 rings (SSSR count). The molecule has 1 heterocycles. The zero-order chi connectivity index (χ0) is 11.4. The third kappa shape index (κ3) is 3.13. The first-order chi connectivity index (χ1) is 7.06. The summed E-state index contributed by atoms with van der Waals surface area (Å²) in [4.78, 5) is 10.8. The smallest absolute Gasteiger partial charge is 0.305 e. The van der Waals surface area contributed by atoms with Crippen LogP contribution in [0.4, 0.5) is 0 Å². The van der Waals surface area contributed by atoms with Crippen molar-refractivity contribution in [1.29, 1.82) is 0 Å². The average molecular weight is 220 g/mol. The third-order valence-corrected chi connectivity index (χ3v) is 2.27. The molecular formula is C9H16O6. The monoisotopic (exact) mass is 220 g/mol. The molecule has 1 saturated heterocycles. The molecule has 0 amide bonds. The predicted molar refractivity (Wildman–Crippen MR) is 49.0 cm³/mol. The summed E-state index contributed by atoms with van der Waals surface area (Å²) in [7, 11) is 0. The average Bonchev–Trinajstić information content (AvgIpc) is 2.56. The Hall–Kier alpha value is -0.690. The van der Waals surface area contributed by atoms with Gasteiger partial charge in [0.25, 0.3) is 0 Å². The lowest BCUT2D eigenvalue weighted by atomic mass is 10.1. The Morgan fingerprint density at radius 1 is 1.60 bits per heavy atom. The van der Waals surface area contributed by atoms with Crippen molar-refractivity contribution < 1.29 is 29.6 Å². The van der Waals surface area contributed by atoms with Gasteiger partial charge in [0.2, 0.25) is 0 Å². The molecule has 3 N–H and O–H groups in total. The van der Waals surface area contributed by atoms with Gasteiger partial charge in [0.1, 0.15) is 31.0 Å². The lowest BCUT2D eigenvalue weighted by Gasteiger charge is -2.20. The maximum atomic E-state index is 10.8. The standard InChI is InChI=1S/C9H16O6/c1-2-7(12)14-4-6(11)9-8(13)5(10)3-15-9/h5-6,8-11,13H,2-4H2,1H3/t5?,6?,8-,9?/m1/s1. The van der Waals surface area contributed by atoms with E-state index in [2.05, 4.69) is 4.74 Å². The van der Waals surface area contributed by atoms with Crippen LogP contribution in [0, 0.1) is 0 Å². The first kappa shape index (κ1) is 12.4. The summed E-state index contributed by atoms with van der Waals surface area (Å²) >= 11 is 0. The molecular weight excluding hydrogens is 204 g/mol. The quantitative estimate of drug-likeness (QED) is 0.495. The van der Waals surface area contributed by atoms with E-state index in [9.17, 15) is 15.0 Å². The summed E-state index contributed by atoms with van der Waals surface area (Å²) in [5.41, 5.74) is 0. The molecule has 0 radical (unpaired) electrons. The van der Waals surface area contributed by atoms with Gasteiger partial charge >= 0.3 is 5.97 Å². The fourth-order valence-electron chi connectivity index (χ4n) is 1.34. The molecule has 1 aliphatic heterocycles. The second-order valence-corrected chi connectivity index (χ2v) is 3.46. The zero-order valence-corrected chi connectivity index (χ0v) is 8.50. The normalized spacial score (nSPS) is 32.7. The summed E-state index contributed by atoms with van der Waals surface area (Å²) in [6, 6.07) is 0. The fraction of sp³-hybridized carbons (Fsp3) is 0.889. The Balaban J connectivity index is 2.34. The van der Waals surface area contributed by atoms with E-state index in [1.807, 2.05) is 0 Å². The lowest BCUT2D eigenvalue weighted by molar-refractivity contribution is -0.150. The third-order valence-electron chi connectivity index (χ3n) is 2.27. The fourth-order valence-corrected chi connectivity index (χ4v) is 1.34. The van der Waals surface area contributed by atoms with Gasteiger partial charge in [-0.15, -0.1) is 0 Å². The van der Waals surface area contributed by atoms with Crippen LogP contribution in [0.3, 0.4) is 0 Å². The molecule has 15 heavy (non-hydrogen) atoms. The second kappa shape index (κ2) is 5.41. The van der Waals surface area contributed by atoms with Crippen LogP contribution in [-0.4, -0.2) is 58.9 Å². The molecule has 0 spiro atoms. The number of carbonyl (C=O) groups is 1. The number of rotatable bonds is 4. The summed E-state index contributed by atoms with van der Waals surface area (Å²) in [5, 5.41) is 28.0. The number of ether oxygens (including phenoxy) is 2. The predicted octanol–water partition coefficient (Wildman–Crippen LogP) is -1.58. The lowest BCUT2D eigenvalue weighted by Crippen LogP contribution is -2.41. The number of esters is 1. The van der Waals surface area contributed by atoms with Crippen LogP contribution in [-0.2, 0) is 14.3 Å². The summed E-state index contributed by atoms with van der Waals surface area (Å²) in [6.07, 6.45) is -3.92. The molecule has 6 nitrogen and oxygen atoms in total. The van der Waals surface area contributed by atoms with E-state index in [1.54, 1.807) is 6.92 Å². The van der Waals surface area contributed by atoms with Crippen molar-refractivity contribution in [2.24, 2.45) is 0 Å². The molecule has 0 aromatic carbocycles. The van der Waals surface area contributed by atoms with Gasteiger partial charge < -0.3 is 24.8 Å². The highest BCUT2D eigenvalue weighted by atomic mass is 16.6. The zero-order valence-electron chi connectivity index (χ0n) is 8.50. The molecule has 1 fully saturated rings. The van der Waals surface area contributed by atoms with Crippen LogP contribution in [0.1, 0.15) is 13.3 Å². The maximum Gasteiger partial charge on any atom is 0.305 e. The highest BCUT2D eigenvalue weighted by Crippen LogP contribution is 2.17. The van der Waals surface area contributed by atoms with Gasteiger partial charge in [-0.3, -0.25) is 4.79 Å². The van der Waals surface area contributed by atoms with Crippen molar-refractivity contribution in [3.8, 4) is 0 Å². The van der Waals surface area contributed by atoms with Gasteiger partial charge in [0.15, 0.2) is 0 Å². The minimum absolute atomic E-state index is 0.0232. The van der Waals surface area contributed by atoms with Crippen LogP contribution < -0.4 is 0 Å². The Morgan fingerprint density at radius 3 is 2.73 bits per heavy atom. The number of aliphatic hydroxyl groups is 3. The Labute approximate surface area is 87.4 Å². The van der Waals surface area contributed by atoms with Gasteiger partial charge in [-0.2, -0.15) is 0 Å². The first-order valence-electron chi connectivity index (χ1n) is 4.87. The Kier molecular flexibility index (Phi) is 4.46. The topological polar surface area (TPSA) is 96.2 Å². The first-order valence-corrected chi connectivity index (χ1v) is 4.87. The van der Waals surface area contributed by atoms with Crippen molar-refractivity contribution in [2.45, 2.75) is 37.8 Å². The number of aliphatic hydroxyl groups excluding tert-OH is 3. The summed E-state index contributed by atoms with van der Waals surface area (Å²) in [5.74, 6) is -0.429. The molecule has 0 aromatic heterocycles. The van der Waals surface area contributed by atoms with Crippen LogP contribution in [0.5, 0.6) is 0 Å². The van der Waals surface area contributed by atoms with Crippen molar-refractivity contribution in [2.75, 3.05) is 13.2 Å². The van der Waals surface area contributed by atoms with Gasteiger partial charge in [-0.1, -0.05) is 6.92 Å². The molecule has 0 aromatic rings. The van der Waals surface area contributed by atoms with Crippen molar-refractivity contribution in [3.05, 3.63) is 0 Å². The van der Waals surface area contributed by atoms with Crippen LogP contribution in [0.15, 0.2) is 0 Å². The number of carbonyl (C=O) groups excluding carboxylic acids is 1. The molecule has 4 atom stereocenters. The van der Waals surface area contributed by atoms with Crippen LogP contribution in [0.2, 0.25) is 0 Å². The van der Waals surface area contributed by atoms with Crippen molar-refractivity contribution in [3.63, 3.8) is 0 Å². The minimum Gasteiger partial charge on any atom is -0.463 e. The van der Waals surface area contributed by atoms with E-state index >= 15 is 0 Å². The molecule has 0 saturated carbocycles. The second-order valence-electron chi connectivity index (χ2n) is 3.46. The molecule has 0 bridgehead atoms.